The lowest BCUT2D eigenvalue weighted by Crippen LogP contribution is -2.31. The largest absolute Gasteiger partial charge is 0.497 e. The van der Waals surface area contributed by atoms with Crippen molar-refractivity contribution >= 4 is 17.7 Å². The monoisotopic (exact) mass is 279 g/mol. The van der Waals surface area contributed by atoms with E-state index in [-0.39, 0.29) is 0 Å². The van der Waals surface area contributed by atoms with Gasteiger partial charge in [0.2, 0.25) is 6.10 Å². The molecule has 1 amide bonds. The smallest absolute Gasteiger partial charge is 0.412 e. The van der Waals surface area contributed by atoms with Gasteiger partial charge in [-0.2, -0.15) is 0 Å². The summed E-state index contributed by atoms with van der Waals surface area (Å²) in [5, 5.41) is 2.49. The molecule has 0 aliphatic heterocycles. The zero-order valence-corrected chi connectivity index (χ0v) is 11.6. The predicted octanol–water partition coefficient (Wildman–Crippen LogP) is 2.36. The van der Waals surface area contributed by atoms with E-state index in [1.807, 2.05) is 0 Å². The van der Waals surface area contributed by atoms with Gasteiger partial charge in [-0.15, -0.1) is 0 Å². The van der Waals surface area contributed by atoms with Crippen LogP contribution in [0.1, 0.15) is 6.92 Å². The van der Waals surface area contributed by atoms with E-state index in [2.05, 4.69) is 16.6 Å². The molecule has 0 heterocycles. The maximum atomic E-state index is 11.7. The van der Waals surface area contributed by atoms with Gasteiger partial charge in [-0.1, -0.05) is 6.58 Å². The first-order chi connectivity index (χ1) is 9.47. The fourth-order valence-electron chi connectivity index (χ4n) is 1.39. The quantitative estimate of drug-likeness (QED) is 0.661. The van der Waals surface area contributed by atoms with E-state index >= 15 is 0 Å². The summed E-state index contributed by atoms with van der Waals surface area (Å²) in [6.07, 6.45) is -1.90. The highest BCUT2D eigenvalue weighted by Gasteiger charge is 2.24. The van der Waals surface area contributed by atoms with Crippen molar-refractivity contribution in [2.45, 2.75) is 13.0 Å². The van der Waals surface area contributed by atoms with Crippen molar-refractivity contribution in [2.75, 3.05) is 19.5 Å². The topological polar surface area (TPSA) is 73.9 Å². The average molecular weight is 279 g/mol. The second-order valence-electron chi connectivity index (χ2n) is 4.01. The number of methoxy groups -OCH3 is 2. The van der Waals surface area contributed by atoms with Crippen LogP contribution in [0.3, 0.4) is 0 Å². The van der Waals surface area contributed by atoms with Gasteiger partial charge in [0, 0.05) is 5.69 Å². The van der Waals surface area contributed by atoms with Gasteiger partial charge in [0.15, 0.2) is 0 Å². The van der Waals surface area contributed by atoms with E-state index in [4.69, 9.17) is 9.47 Å². The summed E-state index contributed by atoms with van der Waals surface area (Å²) >= 11 is 0. The van der Waals surface area contributed by atoms with Crippen molar-refractivity contribution < 1.29 is 23.8 Å². The molecule has 0 aliphatic rings. The Hall–Kier alpha value is -2.50. The summed E-state index contributed by atoms with van der Waals surface area (Å²) in [7, 11) is 2.76. The molecular weight excluding hydrogens is 262 g/mol. The number of esters is 1. The van der Waals surface area contributed by atoms with Gasteiger partial charge < -0.3 is 14.2 Å². The van der Waals surface area contributed by atoms with Gasteiger partial charge >= 0.3 is 12.1 Å². The maximum Gasteiger partial charge on any atom is 0.412 e. The zero-order chi connectivity index (χ0) is 15.1. The van der Waals surface area contributed by atoms with Gasteiger partial charge in [0.25, 0.3) is 0 Å². The fraction of sp³-hybridized carbons (Fsp3) is 0.286. The Kier molecular flexibility index (Phi) is 5.58. The van der Waals surface area contributed by atoms with Gasteiger partial charge in [-0.25, -0.2) is 9.59 Å². The van der Waals surface area contributed by atoms with Crippen LogP contribution in [0.15, 0.2) is 36.4 Å². The van der Waals surface area contributed by atoms with Crippen LogP contribution in [0.5, 0.6) is 5.75 Å². The summed E-state index contributed by atoms with van der Waals surface area (Å²) < 4.78 is 14.5. The molecule has 0 fully saturated rings. The molecule has 108 valence electrons. The number of anilines is 1. The standard InChI is InChI=1S/C14H17NO5/c1-9(2)12(13(16)19-4)20-14(17)15-10-5-7-11(18-3)8-6-10/h5-8,12H,1H2,2-4H3,(H,15,17). The predicted molar refractivity (Wildman–Crippen MR) is 73.7 cm³/mol. The molecule has 0 saturated heterocycles. The summed E-state index contributed by atoms with van der Waals surface area (Å²) in [6.45, 7) is 5.16. The normalized spacial score (nSPS) is 11.2. The Morgan fingerprint density at radius 2 is 1.80 bits per heavy atom. The Balaban J connectivity index is 2.65. The average Bonchev–Trinajstić information content (AvgIpc) is 2.44. The molecule has 1 rings (SSSR count). The lowest BCUT2D eigenvalue weighted by atomic mass is 10.2. The molecule has 0 spiro atoms. The minimum absolute atomic E-state index is 0.377. The Bertz CT molecular complexity index is 495. The van der Waals surface area contributed by atoms with Crippen LogP contribution in [-0.4, -0.2) is 32.4 Å². The van der Waals surface area contributed by atoms with Crippen molar-refractivity contribution in [3.63, 3.8) is 0 Å². The first kappa shape index (κ1) is 15.6. The second kappa shape index (κ2) is 7.18. The molecule has 0 bridgehead atoms. The Morgan fingerprint density at radius 1 is 1.20 bits per heavy atom. The molecule has 1 unspecified atom stereocenters. The van der Waals surface area contributed by atoms with Crippen LogP contribution in [0, 0.1) is 0 Å². The molecule has 0 radical (unpaired) electrons. The summed E-state index contributed by atoms with van der Waals surface area (Å²) in [4.78, 5) is 23.1. The van der Waals surface area contributed by atoms with Crippen molar-refractivity contribution in [3.05, 3.63) is 36.4 Å². The highest BCUT2D eigenvalue weighted by atomic mass is 16.6. The third kappa shape index (κ3) is 4.31. The van der Waals surface area contributed by atoms with Gasteiger partial charge in [0.05, 0.1) is 14.2 Å². The third-order valence-corrected chi connectivity index (χ3v) is 2.42. The minimum atomic E-state index is -1.13. The molecule has 0 saturated carbocycles. The van der Waals surface area contributed by atoms with Crippen LogP contribution in [-0.2, 0) is 14.3 Å². The minimum Gasteiger partial charge on any atom is -0.497 e. The van der Waals surface area contributed by atoms with E-state index in [0.29, 0.717) is 17.0 Å². The maximum absolute atomic E-state index is 11.7. The first-order valence-electron chi connectivity index (χ1n) is 5.83. The molecular formula is C14H17NO5. The van der Waals surface area contributed by atoms with Crippen molar-refractivity contribution in [2.24, 2.45) is 0 Å². The number of carbonyl (C=O) groups excluding carboxylic acids is 2. The number of benzene rings is 1. The van der Waals surface area contributed by atoms with Crippen LogP contribution < -0.4 is 10.1 Å². The number of ether oxygens (including phenoxy) is 3. The van der Waals surface area contributed by atoms with E-state index in [0.717, 1.165) is 0 Å². The number of rotatable bonds is 5. The lowest BCUT2D eigenvalue weighted by molar-refractivity contribution is -0.148. The number of hydrogen-bond acceptors (Lipinski definition) is 5. The Labute approximate surface area is 117 Å². The van der Waals surface area contributed by atoms with E-state index in [9.17, 15) is 9.59 Å². The van der Waals surface area contributed by atoms with Crippen LogP contribution >= 0.6 is 0 Å². The van der Waals surface area contributed by atoms with Crippen molar-refractivity contribution in [1.82, 2.24) is 0 Å². The Morgan fingerprint density at radius 3 is 2.25 bits per heavy atom. The summed E-state index contributed by atoms with van der Waals surface area (Å²) in [6, 6.07) is 6.67. The fourth-order valence-corrected chi connectivity index (χ4v) is 1.39. The molecule has 6 heteroatoms. The van der Waals surface area contributed by atoms with Crippen molar-refractivity contribution in [1.29, 1.82) is 0 Å². The molecule has 0 aliphatic carbocycles. The number of nitrogens with one attached hydrogen (secondary N) is 1. The molecule has 0 aromatic heterocycles. The highest BCUT2D eigenvalue weighted by Crippen LogP contribution is 2.16. The molecule has 20 heavy (non-hydrogen) atoms. The SMILES string of the molecule is C=C(C)C(OC(=O)Nc1ccc(OC)cc1)C(=O)OC. The highest BCUT2D eigenvalue weighted by molar-refractivity contribution is 5.88. The third-order valence-electron chi connectivity index (χ3n) is 2.42. The van der Waals surface area contributed by atoms with E-state index < -0.39 is 18.2 Å². The first-order valence-corrected chi connectivity index (χ1v) is 5.83. The van der Waals surface area contributed by atoms with Gasteiger partial charge in [-0.3, -0.25) is 5.32 Å². The van der Waals surface area contributed by atoms with Crippen molar-refractivity contribution in [3.8, 4) is 5.75 Å². The molecule has 1 atom stereocenters. The number of amides is 1. The number of hydrogen-bond donors (Lipinski definition) is 1. The molecule has 6 nitrogen and oxygen atoms in total. The molecule has 1 aromatic carbocycles. The van der Waals surface area contributed by atoms with E-state index in [1.54, 1.807) is 38.3 Å². The van der Waals surface area contributed by atoms with Crippen LogP contribution in [0.4, 0.5) is 10.5 Å². The zero-order valence-electron chi connectivity index (χ0n) is 11.6. The van der Waals surface area contributed by atoms with E-state index in [1.165, 1.54) is 7.11 Å². The molecule has 1 aromatic rings. The summed E-state index contributed by atoms with van der Waals surface area (Å²) in [5.41, 5.74) is 0.892. The second-order valence-corrected chi connectivity index (χ2v) is 4.01. The summed E-state index contributed by atoms with van der Waals surface area (Å²) in [5.74, 6) is -0.0133. The molecule has 1 N–H and O–H groups in total. The van der Waals surface area contributed by atoms with Gasteiger partial charge in [-0.05, 0) is 36.8 Å². The van der Waals surface area contributed by atoms with Gasteiger partial charge in [0.1, 0.15) is 5.75 Å². The van der Waals surface area contributed by atoms with Crippen LogP contribution in [0.25, 0.3) is 0 Å². The lowest BCUT2D eigenvalue weighted by Gasteiger charge is -2.16. The number of carbonyl (C=O) groups is 2. The van der Waals surface area contributed by atoms with Crippen LogP contribution in [0.2, 0.25) is 0 Å².